The molecule has 1 aromatic rings. The Balaban J connectivity index is 1.46. The van der Waals surface area contributed by atoms with E-state index in [1.807, 2.05) is 0 Å². The number of hydrazone groups is 1. The molecule has 2 aliphatic carbocycles. The second-order valence-electron chi connectivity index (χ2n) is 8.40. The largest absolute Gasteiger partial charge is 0.352 e. The Bertz CT molecular complexity index is 831. The van der Waals surface area contributed by atoms with E-state index in [-0.39, 0.29) is 41.3 Å². The fourth-order valence-electron chi connectivity index (χ4n) is 4.41. The van der Waals surface area contributed by atoms with E-state index >= 15 is 0 Å². The maximum atomic E-state index is 12.1. The van der Waals surface area contributed by atoms with E-state index in [1.54, 1.807) is 0 Å². The van der Waals surface area contributed by atoms with Gasteiger partial charge in [0.2, 0.25) is 5.91 Å². The summed E-state index contributed by atoms with van der Waals surface area (Å²) in [6.07, 6.45) is 3.36. The van der Waals surface area contributed by atoms with Crippen molar-refractivity contribution in [3.63, 3.8) is 0 Å². The van der Waals surface area contributed by atoms with Crippen molar-refractivity contribution in [3.05, 3.63) is 39.9 Å². The summed E-state index contributed by atoms with van der Waals surface area (Å²) in [5.74, 6) is -0.00816. The van der Waals surface area contributed by atoms with Gasteiger partial charge in [0.1, 0.15) is 0 Å². The monoisotopic (exact) mass is 386 g/mol. The van der Waals surface area contributed by atoms with Crippen LogP contribution in [0.5, 0.6) is 0 Å². The van der Waals surface area contributed by atoms with E-state index in [0.717, 1.165) is 18.6 Å². The van der Waals surface area contributed by atoms with Crippen LogP contribution in [-0.4, -0.2) is 29.0 Å². The highest BCUT2D eigenvalue weighted by atomic mass is 16.6. The SMILES string of the molecule is CC1(C)[C@@H]2CC[C@]1(C)/C(=N/NC(=O)CCNC(=O)c1ccc([N+](=O)[O-])cc1)C2. The third kappa shape index (κ3) is 3.50. The van der Waals surface area contributed by atoms with Crippen molar-refractivity contribution in [2.45, 2.75) is 46.5 Å². The highest BCUT2D eigenvalue weighted by Crippen LogP contribution is 2.63. The lowest BCUT2D eigenvalue weighted by molar-refractivity contribution is -0.384. The van der Waals surface area contributed by atoms with E-state index < -0.39 is 4.92 Å². The molecule has 2 saturated carbocycles. The van der Waals surface area contributed by atoms with Gasteiger partial charge in [-0.15, -0.1) is 0 Å². The average molecular weight is 386 g/mol. The van der Waals surface area contributed by atoms with Gasteiger partial charge in [-0.1, -0.05) is 20.8 Å². The van der Waals surface area contributed by atoms with Crippen LogP contribution in [0.4, 0.5) is 5.69 Å². The molecule has 0 heterocycles. The number of nitrogens with zero attached hydrogens (tertiary/aromatic N) is 2. The van der Waals surface area contributed by atoms with E-state index in [4.69, 9.17) is 0 Å². The van der Waals surface area contributed by atoms with Crippen molar-refractivity contribution in [1.29, 1.82) is 0 Å². The lowest BCUT2D eigenvalue weighted by Crippen LogP contribution is -2.34. The zero-order chi connectivity index (χ0) is 20.5. The van der Waals surface area contributed by atoms with E-state index in [0.29, 0.717) is 11.5 Å². The van der Waals surface area contributed by atoms with Gasteiger partial charge < -0.3 is 5.32 Å². The van der Waals surface area contributed by atoms with E-state index in [2.05, 4.69) is 36.6 Å². The van der Waals surface area contributed by atoms with Gasteiger partial charge in [-0.25, -0.2) is 5.43 Å². The Morgan fingerprint density at radius 2 is 1.93 bits per heavy atom. The van der Waals surface area contributed by atoms with Gasteiger partial charge in [0.15, 0.2) is 0 Å². The van der Waals surface area contributed by atoms with Gasteiger partial charge in [-0.2, -0.15) is 5.10 Å². The van der Waals surface area contributed by atoms with Gasteiger partial charge in [0.25, 0.3) is 11.6 Å². The van der Waals surface area contributed by atoms with Crippen molar-refractivity contribution in [3.8, 4) is 0 Å². The summed E-state index contributed by atoms with van der Waals surface area (Å²) in [5.41, 5.74) is 4.17. The zero-order valence-electron chi connectivity index (χ0n) is 16.4. The third-order valence-corrected chi connectivity index (χ3v) is 6.81. The third-order valence-electron chi connectivity index (χ3n) is 6.81. The normalized spacial score (nSPS) is 26.2. The Hall–Kier alpha value is -2.77. The number of benzene rings is 1. The number of nitro benzene ring substituents is 1. The molecule has 2 amide bonds. The molecule has 28 heavy (non-hydrogen) atoms. The number of non-ortho nitro benzene ring substituents is 1. The first kappa shape index (κ1) is 20.0. The summed E-state index contributed by atoms with van der Waals surface area (Å²) >= 11 is 0. The zero-order valence-corrected chi connectivity index (χ0v) is 16.4. The molecule has 0 unspecified atom stereocenters. The van der Waals surface area contributed by atoms with Crippen LogP contribution in [-0.2, 0) is 4.79 Å². The number of fused-ring (bicyclic) bond motifs is 2. The Morgan fingerprint density at radius 3 is 2.46 bits per heavy atom. The molecule has 3 rings (SSSR count). The first-order valence-electron chi connectivity index (χ1n) is 9.53. The first-order valence-corrected chi connectivity index (χ1v) is 9.53. The molecule has 0 radical (unpaired) electrons. The number of carbonyl (C=O) groups is 2. The van der Waals surface area contributed by atoms with Crippen LogP contribution in [0, 0.1) is 26.9 Å². The Labute approximate surface area is 163 Å². The molecule has 0 spiro atoms. The van der Waals surface area contributed by atoms with Crippen LogP contribution < -0.4 is 10.7 Å². The molecule has 2 aliphatic rings. The van der Waals surface area contributed by atoms with Crippen molar-refractivity contribution in [2.75, 3.05) is 6.54 Å². The molecule has 2 atom stereocenters. The molecule has 2 fully saturated rings. The minimum atomic E-state index is -0.523. The summed E-state index contributed by atoms with van der Waals surface area (Å²) < 4.78 is 0. The number of nitrogens with one attached hydrogen (secondary N) is 2. The first-order chi connectivity index (χ1) is 13.1. The second kappa shape index (κ2) is 7.33. The van der Waals surface area contributed by atoms with Crippen molar-refractivity contribution >= 4 is 23.2 Å². The molecule has 8 nitrogen and oxygen atoms in total. The molecule has 0 saturated heterocycles. The Kier molecular flexibility index (Phi) is 5.23. The van der Waals surface area contributed by atoms with Crippen LogP contribution in [0.1, 0.15) is 56.8 Å². The van der Waals surface area contributed by atoms with Crippen LogP contribution in [0.15, 0.2) is 29.4 Å². The van der Waals surface area contributed by atoms with E-state index in [1.165, 1.54) is 30.7 Å². The molecular weight excluding hydrogens is 360 g/mol. The standard InChI is InChI=1S/C20H26N4O4/c1-19(2)14-8-10-20(19,3)16(12-14)22-23-17(25)9-11-21-18(26)13-4-6-15(7-5-13)24(27)28/h4-7,14H,8-12H2,1-3H3,(H,21,26)(H,23,25)/b22-16+/t14-,20-/m1/s1. The molecule has 0 aromatic heterocycles. The van der Waals surface area contributed by atoms with Gasteiger partial charge in [0, 0.05) is 41.8 Å². The molecular formula is C20H26N4O4. The highest BCUT2D eigenvalue weighted by molar-refractivity contribution is 5.95. The molecule has 8 heteroatoms. The number of amides is 2. The molecule has 2 bridgehead atoms. The molecule has 150 valence electrons. The summed E-state index contributed by atoms with van der Waals surface area (Å²) in [6.45, 7) is 6.96. The van der Waals surface area contributed by atoms with Gasteiger partial charge in [-0.05, 0) is 42.7 Å². The van der Waals surface area contributed by atoms with Crippen LogP contribution in [0.3, 0.4) is 0 Å². The number of hydrogen-bond donors (Lipinski definition) is 2. The van der Waals surface area contributed by atoms with E-state index in [9.17, 15) is 19.7 Å². The second-order valence-corrected chi connectivity index (χ2v) is 8.40. The topological polar surface area (TPSA) is 114 Å². The summed E-state index contributed by atoms with van der Waals surface area (Å²) in [7, 11) is 0. The molecule has 1 aromatic carbocycles. The fraction of sp³-hybridized carbons (Fsp3) is 0.550. The molecule has 2 N–H and O–H groups in total. The quantitative estimate of drug-likeness (QED) is 0.578. The summed E-state index contributed by atoms with van der Waals surface area (Å²) in [4.78, 5) is 34.2. The lowest BCUT2D eigenvalue weighted by Gasteiger charge is -2.34. The maximum Gasteiger partial charge on any atom is 0.269 e. The van der Waals surface area contributed by atoms with Crippen LogP contribution in [0.2, 0.25) is 0 Å². The lowest BCUT2D eigenvalue weighted by atomic mass is 9.70. The van der Waals surface area contributed by atoms with Gasteiger partial charge in [0.05, 0.1) is 4.92 Å². The number of hydrogen-bond acceptors (Lipinski definition) is 5. The van der Waals surface area contributed by atoms with Gasteiger partial charge >= 0.3 is 0 Å². The predicted molar refractivity (Wildman–Crippen MR) is 105 cm³/mol. The van der Waals surface area contributed by atoms with Crippen molar-refractivity contribution in [2.24, 2.45) is 21.8 Å². The Morgan fingerprint density at radius 1 is 1.25 bits per heavy atom. The fourth-order valence-corrected chi connectivity index (χ4v) is 4.41. The van der Waals surface area contributed by atoms with Crippen LogP contribution >= 0.6 is 0 Å². The summed E-state index contributed by atoms with van der Waals surface area (Å²) in [6, 6.07) is 5.32. The van der Waals surface area contributed by atoms with Crippen LogP contribution in [0.25, 0.3) is 0 Å². The minimum Gasteiger partial charge on any atom is -0.352 e. The predicted octanol–water partition coefficient (Wildman–Crippen LogP) is 3.03. The average Bonchev–Trinajstić information content (AvgIpc) is 2.99. The number of carbonyl (C=O) groups excluding carboxylic acids is 2. The number of rotatable bonds is 6. The maximum absolute atomic E-state index is 12.1. The van der Waals surface area contributed by atoms with Gasteiger partial charge in [-0.3, -0.25) is 19.7 Å². The smallest absolute Gasteiger partial charge is 0.269 e. The highest BCUT2D eigenvalue weighted by Gasteiger charge is 2.59. The number of nitro groups is 1. The van der Waals surface area contributed by atoms with Crippen molar-refractivity contribution < 1.29 is 14.5 Å². The summed E-state index contributed by atoms with van der Waals surface area (Å²) in [5, 5.41) is 17.7. The molecule has 0 aliphatic heterocycles. The minimum absolute atomic E-state index is 0.0368. The van der Waals surface area contributed by atoms with Crippen molar-refractivity contribution in [1.82, 2.24) is 10.7 Å².